The van der Waals surface area contributed by atoms with E-state index in [0.717, 1.165) is 43.1 Å². The van der Waals surface area contributed by atoms with Gasteiger partial charge in [0.2, 0.25) is 0 Å². The topological polar surface area (TPSA) is 34.1 Å². The molecule has 158 valence electrons. The maximum Gasteiger partial charge on any atom is 0.197 e. The van der Waals surface area contributed by atoms with Gasteiger partial charge in [0.25, 0.3) is 0 Å². The minimum absolute atomic E-state index is 0.0919. The van der Waals surface area contributed by atoms with Crippen molar-refractivity contribution in [2.75, 3.05) is 0 Å². The molecule has 8 rings (SSSR count). The quantitative estimate of drug-likeness (QED) is 0.186. The second-order valence-electron chi connectivity index (χ2n) is 9.00. The summed E-state index contributed by atoms with van der Waals surface area (Å²) in [5.74, 6) is -1.07. The van der Waals surface area contributed by atoms with E-state index in [0.29, 0.717) is 21.5 Å². The van der Waals surface area contributed by atoms with Crippen LogP contribution in [0.25, 0.3) is 75.4 Å². The van der Waals surface area contributed by atoms with Crippen LogP contribution in [-0.2, 0) is 0 Å². The van der Waals surface area contributed by atoms with E-state index >= 15 is 0 Å². The molecule has 8 aromatic carbocycles. The van der Waals surface area contributed by atoms with Gasteiger partial charge in [-0.2, -0.15) is 0 Å². The lowest BCUT2D eigenvalue weighted by atomic mass is 9.84. The summed E-state index contributed by atoms with van der Waals surface area (Å²) in [5, 5.41) is 8.94. The smallest absolute Gasteiger partial charge is 0.197 e. The molecule has 4 heteroatoms. The van der Waals surface area contributed by atoms with Gasteiger partial charge in [-0.1, -0.05) is 36.4 Å². The van der Waals surface area contributed by atoms with E-state index in [4.69, 9.17) is 0 Å². The zero-order chi connectivity index (χ0) is 22.9. The Hall–Kier alpha value is -4.44. The first-order valence-corrected chi connectivity index (χ1v) is 11.0. The molecule has 34 heavy (non-hydrogen) atoms. The van der Waals surface area contributed by atoms with E-state index in [-0.39, 0.29) is 21.6 Å². The summed E-state index contributed by atoms with van der Waals surface area (Å²) in [6.45, 7) is 0. The molecular weight excluding hydrogens is 430 g/mol. The number of hydrogen-bond donors (Lipinski definition) is 0. The molecule has 0 heterocycles. The Morgan fingerprint density at radius 2 is 0.853 bits per heavy atom. The molecule has 0 aliphatic rings. The van der Waals surface area contributed by atoms with Gasteiger partial charge in [-0.15, -0.1) is 0 Å². The number of benzene rings is 8. The van der Waals surface area contributed by atoms with Crippen molar-refractivity contribution in [3.8, 4) is 0 Å². The standard InChI is InChI=1S/C30H12F2O2/c31-21-5-1-3-15-19-11-13-7-10-18-26-20(16-4-2-6-22(32)28(16)30(18)34)12-14-8-9-17(29(33)27(15)21)25(19)23(14)24(13)26/h1-12H. The van der Waals surface area contributed by atoms with Crippen molar-refractivity contribution in [1.29, 1.82) is 0 Å². The molecule has 0 aliphatic heterocycles. The van der Waals surface area contributed by atoms with Gasteiger partial charge in [0, 0.05) is 21.5 Å². The van der Waals surface area contributed by atoms with Crippen molar-refractivity contribution in [3.63, 3.8) is 0 Å². The summed E-state index contributed by atoms with van der Waals surface area (Å²) in [6, 6.07) is 20.6. The Kier molecular flexibility index (Phi) is 3.04. The van der Waals surface area contributed by atoms with Crippen LogP contribution in [0, 0.1) is 11.6 Å². The van der Waals surface area contributed by atoms with Gasteiger partial charge in [0.15, 0.2) is 10.9 Å². The third-order valence-corrected chi connectivity index (χ3v) is 7.41. The van der Waals surface area contributed by atoms with Crippen LogP contribution < -0.4 is 10.9 Å². The lowest BCUT2D eigenvalue weighted by Gasteiger charge is -2.18. The maximum atomic E-state index is 14.7. The summed E-state index contributed by atoms with van der Waals surface area (Å²) in [5.41, 5.74) is -0.677. The first-order chi connectivity index (χ1) is 16.5. The normalized spacial score (nSPS) is 12.6. The molecule has 0 aromatic heterocycles. The number of fused-ring (bicyclic) bond motifs is 4. The zero-order valence-corrected chi connectivity index (χ0v) is 17.5. The van der Waals surface area contributed by atoms with Gasteiger partial charge in [-0.3, -0.25) is 9.59 Å². The highest BCUT2D eigenvalue weighted by atomic mass is 19.1. The van der Waals surface area contributed by atoms with E-state index in [9.17, 15) is 18.4 Å². The second kappa shape index (κ2) is 5.72. The summed E-state index contributed by atoms with van der Waals surface area (Å²) in [7, 11) is 0. The van der Waals surface area contributed by atoms with Crippen LogP contribution in [0.2, 0.25) is 0 Å². The van der Waals surface area contributed by atoms with Crippen LogP contribution >= 0.6 is 0 Å². The molecule has 0 saturated carbocycles. The molecule has 8 aromatic rings. The Morgan fingerprint density at radius 1 is 0.412 bits per heavy atom. The summed E-state index contributed by atoms with van der Waals surface area (Å²) in [6.07, 6.45) is 0. The van der Waals surface area contributed by atoms with Crippen molar-refractivity contribution in [3.05, 3.63) is 105 Å². The second-order valence-corrected chi connectivity index (χ2v) is 9.00. The third-order valence-electron chi connectivity index (χ3n) is 7.41. The summed E-state index contributed by atoms with van der Waals surface area (Å²) < 4.78 is 29.5. The summed E-state index contributed by atoms with van der Waals surface area (Å²) >= 11 is 0. The predicted molar refractivity (Wildman–Crippen MR) is 135 cm³/mol. The minimum atomic E-state index is -0.533. The molecule has 2 nitrogen and oxygen atoms in total. The lowest BCUT2D eigenvalue weighted by Crippen LogP contribution is -2.07. The Balaban J connectivity index is 1.79. The van der Waals surface area contributed by atoms with Gasteiger partial charge in [0.05, 0.1) is 10.8 Å². The highest BCUT2D eigenvalue weighted by Gasteiger charge is 2.22. The van der Waals surface area contributed by atoms with Crippen molar-refractivity contribution in [2.45, 2.75) is 0 Å². The van der Waals surface area contributed by atoms with Gasteiger partial charge in [-0.25, -0.2) is 8.78 Å². The summed E-state index contributed by atoms with van der Waals surface area (Å²) in [4.78, 5) is 26.7. The zero-order valence-electron chi connectivity index (χ0n) is 17.5. The van der Waals surface area contributed by atoms with E-state index in [1.54, 1.807) is 36.4 Å². The first kappa shape index (κ1) is 18.0. The lowest BCUT2D eigenvalue weighted by molar-refractivity contribution is 0.639. The van der Waals surface area contributed by atoms with E-state index in [2.05, 4.69) is 0 Å². The highest BCUT2D eigenvalue weighted by Crippen LogP contribution is 2.45. The minimum Gasteiger partial charge on any atom is -0.288 e. The average molecular weight is 442 g/mol. The largest absolute Gasteiger partial charge is 0.288 e. The SMILES string of the molecule is O=c1c2ccc3cc4c5cccc(F)c5c(=O)c5ccc6cc(c7cccc(F)c17)c2c3c6c54. The number of rotatable bonds is 0. The fourth-order valence-electron chi connectivity index (χ4n) is 6.06. The number of halogens is 2. The van der Waals surface area contributed by atoms with E-state index in [1.807, 2.05) is 24.3 Å². The van der Waals surface area contributed by atoms with Gasteiger partial charge < -0.3 is 0 Å². The molecule has 0 unspecified atom stereocenters. The Bertz CT molecular complexity index is 2120. The molecule has 0 saturated heterocycles. The van der Waals surface area contributed by atoms with Crippen LogP contribution in [0.4, 0.5) is 8.78 Å². The van der Waals surface area contributed by atoms with Crippen LogP contribution in [0.5, 0.6) is 0 Å². The molecule has 0 spiro atoms. The predicted octanol–water partition coefficient (Wildman–Crippen LogP) is 7.07. The van der Waals surface area contributed by atoms with Crippen molar-refractivity contribution in [2.24, 2.45) is 0 Å². The fourth-order valence-corrected chi connectivity index (χ4v) is 6.06. The van der Waals surface area contributed by atoms with Crippen LogP contribution in [0.3, 0.4) is 0 Å². The number of hydrogen-bond acceptors (Lipinski definition) is 2. The van der Waals surface area contributed by atoms with E-state index in [1.165, 1.54) is 12.1 Å². The van der Waals surface area contributed by atoms with Gasteiger partial charge >= 0.3 is 0 Å². The monoisotopic (exact) mass is 442 g/mol. The first-order valence-electron chi connectivity index (χ1n) is 11.0. The Morgan fingerprint density at radius 3 is 1.29 bits per heavy atom. The van der Waals surface area contributed by atoms with Crippen LogP contribution in [0.15, 0.2) is 82.4 Å². The molecule has 0 radical (unpaired) electrons. The van der Waals surface area contributed by atoms with Crippen molar-refractivity contribution >= 4 is 75.4 Å². The van der Waals surface area contributed by atoms with Gasteiger partial charge in [0.1, 0.15) is 11.6 Å². The van der Waals surface area contributed by atoms with Crippen LogP contribution in [-0.4, -0.2) is 0 Å². The van der Waals surface area contributed by atoms with Crippen molar-refractivity contribution in [1.82, 2.24) is 0 Å². The van der Waals surface area contributed by atoms with Crippen molar-refractivity contribution < 1.29 is 8.78 Å². The van der Waals surface area contributed by atoms with Gasteiger partial charge in [-0.05, 0) is 79.5 Å². The Labute approximate surface area is 189 Å². The molecule has 0 atom stereocenters. The highest BCUT2D eigenvalue weighted by molar-refractivity contribution is 6.40. The van der Waals surface area contributed by atoms with E-state index < -0.39 is 11.6 Å². The maximum absolute atomic E-state index is 14.7. The third kappa shape index (κ3) is 1.88. The molecule has 0 fully saturated rings. The molecule has 0 N–H and O–H groups in total. The molecule has 0 bridgehead atoms. The molecule has 0 aliphatic carbocycles. The fraction of sp³-hybridized carbons (Fsp3) is 0. The molecular formula is C30H12F2O2. The molecule has 0 amide bonds. The average Bonchev–Trinajstić information content (AvgIpc) is 2.84. The van der Waals surface area contributed by atoms with Crippen LogP contribution in [0.1, 0.15) is 0 Å².